The first-order chi connectivity index (χ1) is 11.0. The third kappa shape index (κ3) is 3.06. The maximum atomic E-state index is 12.6. The molecule has 1 aromatic carbocycles. The van der Waals surface area contributed by atoms with Crippen molar-refractivity contribution in [2.45, 2.75) is 38.3 Å². The molecule has 0 bridgehead atoms. The van der Waals surface area contributed by atoms with E-state index in [1.165, 1.54) is 11.8 Å². The van der Waals surface area contributed by atoms with Gasteiger partial charge in [0.2, 0.25) is 5.91 Å². The van der Waals surface area contributed by atoms with Crippen molar-refractivity contribution in [3.63, 3.8) is 0 Å². The molecule has 0 aromatic heterocycles. The predicted molar refractivity (Wildman–Crippen MR) is 82.3 cm³/mol. The smallest absolute Gasteiger partial charge is 0.410 e. The number of hydrogen-bond acceptors (Lipinski definition) is 4. The molecule has 2 fully saturated rings. The van der Waals surface area contributed by atoms with Crippen LogP contribution in [0.5, 0.6) is 0 Å². The largest absolute Gasteiger partial charge is 0.432 e. The van der Waals surface area contributed by atoms with E-state index in [0.717, 1.165) is 18.4 Å². The highest BCUT2D eigenvalue weighted by atomic mass is 16.6. The minimum absolute atomic E-state index is 0.0990. The molecule has 0 spiro atoms. The van der Waals surface area contributed by atoms with E-state index < -0.39 is 17.6 Å². The van der Waals surface area contributed by atoms with Gasteiger partial charge in [0.25, 0.3) is 5.91 Å². The quantitative estimate of drug-likeness (QED) is 0.799. The number of carbonyl (C=O) groups is 3. The van der Waals surface area contributed by atoms with Gasteiger partial charge in [-0.1, -0.05) is 30.3 Å². The summed E-state index contributed by atoms with van der Waals surface area (Å²) in [5, 5.41) is 0. The Bertz CT molecular complexity index is 625. The maximum Gasteiger partial charge on any atom is 0.410 e. The van der Waals surface area contributed by atoms with Gasteiger partial charge in [-0.2, -0.15) is 0 Å². The van der Waals surface area contributed by atoms with Gasteiger partial charge in [0.1, 0.15) is 0 Å². The lowest BCUT2D eigenvalue weighted by Gasteiger charge is -2.25. The summed E-state index contributed by atoms with van der Waals surface area (Å²) >= 11 is 0. The van der Waals surface area contributed by atoms with E-state index in [-0.39, 0.29) is 18.9 Å². The van der Waals surface area contributed by atoms with E-state index in [0.29, 0.717) is 13.1 Å². The molecule has 2 saturated heterocycles. The van der Waals surface area contributed by atoms with Gasteiger partial charge in [-0.3, -0.25) is 14.5 Å². The van der Waals surface area contributed by atoms with Crippen LogP contribution in [-0.2, 0) is 20.9 Å². The average Bonchev–Trinajstić information content (AvgIpc) is 3.12. The van der Waals surface area contributed by atoms with Crippen molar-refractivity contribution in [1.82, 2.24) is 9.80 Å². The van der Waals surface area contributed by atoms with Crippen LogP contribution < -0.4 is 0 Å². The molecule has 0 N–H and O–H groups in total. The third-order valence-electron chi connectivity index (χ3n) is 4.35. The fourth-order valence-corrected chi connectivity index (χ4v) is 3.02. The molecule has 0 aliphatic carbocycles. The highest BCUT2D eigenvalue weighted by Crippen LogP contribution is 2.30. The maximum absolute atomic E-state index is 12.6. The Labute approximate surface area is 135 Å². The highest BCUT2D eigenvalue weighted by Gasteiger charge is 2.51. The number of nitrogens with zero attached hydrogens (tertiary/aromatic N) is 2. The normalized spacial score (nSPS) is 24.4. The molecule has 3 amide bonds. The third-order valence-corrected chi connectivity index (χ3v) is 4.35. The van der Waals surface area contributed by atoms with Gasteiger partial charge in [-0.15, -0.1) is 0 Å². The first-order valence-electron chi connectivity index (χ1n) is 7.86. The van der Waals surface area contributed by atoms with Crippen LogP contribution in [-0.4, -0.2) is 46.4 Å². The van der Waals surface area contributed by atoms with E-state index in [1.807, 2.05) is 30.3 Å². The summed E-state index contributed by atoms with van der Waals surface area (Å²) in [6.45, 7) is 3.01. The summed E-state index contributed by atoms with van der Waals surface area (Å²) in [5.74, 6) is -0.755. The summed E-state index contributed by atoms with van der Waals surface area (Å²) in [6, 6.07) is 9.29. The number of rotatable bonds is 3. The van der Waals surface area contributed by atoms with E-state index in [2.05, 4.69) is 0 Å². The summed E-state index contributed by atoms with van der Waals surface area (Å²) in [5.41, 5.74) is -0.532. The standard InChI is InChI=1S/C17H20N2O4/c1-17(23-16(22)18-9-5-6-10-18)11-14(20)19(15(17)21)12-13-7-3-2-4-8-13/h2-4,7-8H,5-6,9-12H2,1H3. The number of benzene rings is 1. The average molecular weight is 316 g/mol. The van der Waals surface area contributed by atoms with Gasteiger partial charge >= 0.3 is 6.09 Å². The lowest BCUT2D eigenvalue weighted by Crippen LogP contribution is -2.44. The number of amides is 3. The molecular formula is C17H20N2O4. The van der Waals surface area contributed by atoms with Crippen LogP contribution in [0, 0.1) is 0 Å². The summed E-state index contributed by atoms with van der Waals surface area (Å²) in [6.07, 6.45) is 1.28. The molecule has 2 aliphatic rings. The lowest BCUT2D eigenvalue weighted by molar-refractivity contribution is -0.146. The van der Waals surface area contributed by atoms with E-state index in [4.69, 9.17) is 4.74 Å². The molecule has 23 heavy (non-hydrogen) atoms. The minimum atomic E-state index is -1.40. The van der Waals surface area contributed by atoms with Gasteiger partial charge in [0, 0.05) is 13.1 Å². The predicted octanol–water partition coefficient (Wildman–Crippen LogP) is 1.94. The Morgan fingerprint density at radius 2 is 1.83 bits per heavy atom. The summed E-state index contributed by atoms with van der Waals surface area (Å²) in [4.78, 5) is 39.7. The Balaban J connectivity index is 1.70. The molecule has 1 unspecified atom stereocenters. The van der Waals surface area contributed by atoms with Gasteiger partial charge < -0.3 is 9.64 Å². The van der Waals surface area contributed by atoms with Crippen LogP contribution in [0.3, 0.4) is 0 Å². The topological polar surface area (TPSA) is 66.9 Å². The molecule has 2 aliphatic heterocycles. The molecule has 0 radical (unpaired) electrons. The Kier molecular flexibility index (Phi) is 4.07. The van der Waals surface area contributed by atoms with Crippen molar-refractivity contribution in [3.05, 3.63) is 35.9 Å². The summed E-state index contributed by atoms with van der Waals surface area (Å²) in [7, 11) is 0. The minimum Gasteiger partial charge on any atom is -0.432 e. The second kappa shape index (κ2) is 6.02. The van der Waals surface area contributed by atoms with Crippen LogP contribution in [0.15, 0.2) is 30.3 Å². The molecule has 1 aromatic rings. The van der Waals surface area contributed by atoms with Crippen molar-refractivity contribution < 1.29 is 19.1 Å². The summed E-state index contributed by atoms with van der Waals surface area (Å²) < 4.78 is 5.41. The first kappa shape index (κ1) is 15.5. The number of imide groups is 1. The van der Waals surface area contributed by atoms with Crippen LogP contribution in [0.25, 0.3) is 0 Å². The van der Waals surface area contributed by atoms with Crippen molar-refractivity contribution >= 4 is 17.9 Å². The molecule has 0 saturated carbocycles. The van der Waals surface area contributed by atoms with Gasteiger partial charge in [-0.05, 0) is 25.3 Å². The van der Waals surface area contributed by atoms with E-state index >= 15 is 0 Å². The van der Waals surface area contributed by atoms with Gasteiger partial charge in [-0.25, -0.2) is 4.79 Å². The number of carbonyl (C=O) groups excluding carboxylic acids is 3. The van der Waals surface area contributed by atoms with E-state index in [9.17, 15) is 14.4 Å². The van der Waals surface area contributed by atoms with Crippen LogP contribution in [0.1, 0.15) is 31.7 Å². The molecule has 122 valence electrons. The van der Waals surface area contributed by atoms with E-state index in [1.54, 1.807) is 4.90 Å². The van der Waals surface area contributed by atoms with Gasteiger partial charge in [0.05, 0.1) is 13.0 Å². The Hall–Kier alpha value is -2.37. The number of likely N-dealkylation sites (tertiary alicyclic amines) is 2. The van der Waals surface area contributed by atoms with Crippen LogP contribution in [0.2, 0.25) is 0 Å². The zero-order valence-corrected chi connectivity index (χ0v) is 13.2. The fourth-order valence-electron chi connectivity index (χ4n) is 3.02. The zero-order valence-electron chi connectivity index (χ0n) is 13.2. The van der Waals surface area contributed by atoms with Crippen molar-refractivity contribution in [1.29, 1.82) is 0 Å². The fraction of sp³-hybridized carbons (Fsp3) is 0.471. The molecule has 3 rings (SSSR count). The first-order valence-corrected chi connectivity index (χ1v) is 7.86. The Morgan fingerprint density at radius 1 is 1.17 bits per heavy atom. The second-order valence-corrected chi connectivity index (χ2v) is 6.24. The SMILES string of the molecule is CC1(OC(=O)N2CCCC2)CC(=O)N(Cc2ccccc2)C1=O. The molecule has 6 nitrogen and oxygen atoms in total. The van der Waals surface area contributed by atoms with Crippen LogP contribution in [0.4, 0.5) is 4.79 Å². The molecule has 2 heterocycles. The lowest BCUT2D eigenvalue weighted by atomic mass is 10.1. The van der Waals surface area contributed by atoms with Crippen molar-refractivity contribution in [2.24, 2.45) is 0 Å². The second-order valence-electron chi connectivity index (χ2n) is 6.24. The number of ether oxygens (including phenoxy) is 1. The molecule has 1 atom stereocenters. The zero-order chi connectivity index (χ0) is 16.4. The monoisotopic (exact) mass is 316 g/mol. The molecular weight excluding hydrogens is 296 g/mol. The Morgan fingerprint density at radius 3 is 2.48 bits per heavy atom. The van der Waals surface area contributed by atoms with Crippen molar-refractivity contribution in [3.8, 4) is 0 Å². The van der Waals surface area contributed by atoms with Gasteiger partial charge in [0.15, 0.2) is 5.60 Å². The number of hydrogen-bond donors (Lipinski definition) is 0. The van der Waals surface area contributed by atoms with Crippen molar-refractivity contribution in [2.75, 3.05) is 13.1 Å². The molecule has 6 heteroatoms. The highest BCUT2D eigenvalue weighted by molar-refractivity contribution is 6.08. The van der Waals surface area contributed by atoms with Crippen LogP contribution >= 0.6 is 0 Å².